The van der Waals surface area contributed by atoms with Crippen molar-refractivity contribution in [2.45, 2.75) is 4.90 Å². The van der Waals surface area contributed by atoms with Crippen LogP contribution < -0.4 is 4.72 Å². The molecule has 0 fully saturated rings. The van der Waals surface area contributed by atoms with E-state index in [4.69, 9.17) is 11.6 Å². The topological polar surface area (TPSA) is 96.4 Å². The first-order valence-corrected chi connectivity index (χ1v) is 9.71. The molecule has 3 rings (SSSR count). The fourth-order valence-corrected chi connectivity index (χ4v) is 3.96. The van der Waals surface area contributed by atoms with Crippen molar-refractivity contribution in [1.82, 2.24) is 4.98 Å². The highest BCUT2D eigenvalue weighted by atomic mass is 35.5. The molecule has 0 aliphatic carbocycles. The van der Waals surface area contributed by atoms with Crippen LogP contribution in [0.15, 0.2) is 58.3 Å². The molecule has 1 aromatic heterocycles. The number of hydrogen-bond donors (Lipinski definition) is 2. The van der Waals surface area contributed by atoms with Crippen molar-refractivity contribution in [3.8, 4) is 11.3 Å². The standard InChI is InChI=1S/C16H11ClN2O4S2/c17-11-3-6-14(13(7-11)16(20)21)19-25(22,23)12-4-1-10(2-5-12)15-8-24-9-18-15/h1-9,19H,(H,20,21). The molecule has 25 heavy (non-hydrogen) atoms. The Labute approximate surface area is 152 Å². The lowest BCUT2D eigenvalue weighted by atomic mass is 10.2. The molecule has 6 nitrogen and oxygen atoms in total. The van der Waals surface area contributed by atoms with Crippen molar-refractivity contribution in [1.29, 1.82) is 0 Å². The Balaban J connectivity index is 1.91. The number of anilines is 1. The van der Waals surface area contributed by atoms with Crippen molar-refractivity contribution in [2.24, 2.45) is 0 Å². The van der Waals surface area contributed by atoms with Crippen molar-refractivity contribution in [2.75, 3.05) is 4.72 Å². The van der Waals surface area contributed by atoms with E-state index in [1.165, 1.54) is 41.7 Å². The van der Waals surface area contributed by atoms with Crippen molar-refractivity contribution < 1.29 is 18.3 Å². The molecule has 2 N–H and O–H groups in total. The third-order valence-electron chi connectivity index (χ3n) is 3.35. The average Bonchev–Trinajstić information content (AvgIpc) is 3.11. The highest BCUT2D eigenvalue weighted by molar-refractivity contribution is 7.92. The number of aromatic nitrogens is 1. The minimum Gasteiger partial charge on any atom is -0.478 e. The summed E-state index contributed by atoms with van der Waals surface area (Å²) in [5, 5.41) is 11.3. The monoisotopic (exact) mass is 394 g/mol. The quantitative estimate of drug-likeness (QED) is 0.682. The van der Waals surface area contributed by atoms with E-state index < -0.39 is 16.0 Å². The highest BCUT2D eigenvalue weighted by Gasteiger charge is 2.19. The minimum atomic E-state index is -3.94. The molecule has 128 valence electrons. The number of thiazole rings is 1. The van der Waals surface area contributed by atoms with E-state index in [9.17, 15) is 18.3 Å². The van der Waals surface area contributed by atoms with Crippen LogP contribution in [0.5, 0.6) is 0 Å². The van der Waals surface area contributed by atoms with Crippen LogP contribution in [0.4, 0.5) is 5.69 Å². The molecule has 9 heteroatoms. The summed E-state index contributed by atoms with van der Waals surface area (Å²) in [4.78, 5) is 15.4. The fourth-order valence-electron chi connectivity index (χ4n) is 2.15. The van der Waals surface area contributed by atoms with Gasteiger partial charge in [-0.2, -0.15) is 0 Å². The first-order valence-electron chi connectivity index (χ1n) is 6.91. The molecule has 0 spiro atoms. The lowest BCUT2D eigenvalue weighted by Crippen LogP contribution is -2.15. The summed E-state index contributed by atoms with van der Waals surface area (Å²) in [6.45, 7) is 0. The fraction of sp³-hybridized carbons (Fsp3) is 0. The van der Waals surface area contributed by atoms with Crippen LogP contribution in [-0.4, -0.2) is 24.5 Å². The van der Waals surface area contributed by atoms with Crippen LogP contribution in [0, 0.1) is 0 Å². The van der Waals surface area contributed by atoms with Gasteiger partial charge in [-0.25, -0.2) is 18.2 Å². The van der Waals surface area contributed by atoms with Gasteiger partial charge >= 0.3 is 5.97 Å². The summed E-state index contributed by atoms with van der Waals surface area (Å²) in [5.41, 5.74) is 2.96. The third-order valence-corrected chi connectivity index (χ3v) is 5.55. The second-order valence-electron chi connectivity index (χ2n) is 5.00. The Morgan fingerprint density at radius 2 is 1.88 bits per heavy atom. The van der Waals surface area contributed by atoms with Gasteiger partial charge in [0.05, 0.1) is 27.4 Å². The molecular formula is C16H11ClN2O4S2. The second kappa shape index (κ2) is 6.83. The predicted octanol–water partition coefficient (Wildman–Crippen LogP) is 3.96. The number of aromatic carboxylic acids is 1. The van der Waals surface area contributed by atoms with Gasteiger partial charge in [0.1, 0.15) is 0 Å². The van der Waals surface area contributed by atoms with Crippen LogP contribution in [0.25, 0.3) is 11.3 Å². The van der Waals surface area contributed by atoms with Gasteiger partial charge in [0.25, 0.3) is 10.0 Å². The molecular weight excluding hydrogens is 384 g/mol. The molecule has 0 aliphatic rings. The number of benzene rings is 2. The average molecular weight is 395 g/mol. The molecule has 0 radical (unpaired) electrons. The zero-order chi connectivity index (χ0) is 18.0. The van der Waals surface area contributed by atoms with E-state index in [2.05, 4.69) is 9.71 Å². The van der Waals surface area contributed by atoms with Gasteiger partial charge in [-0.3, -0.25) is 4.72 Å². The zero-order valence-corrected chi connectivity index (χ0v) is 14.9. The molecule has 0 amide bonds. The molecule has 0 atom stereocenters. The van der Waals surface area contributed by atoms with Gasteiger partial charge in [-0.05, 0) is 30.3 Å². The lowest BCUT2D eigenvalue weighted by molar-refractivity contribution is 0.0698. The van der Waals surface area contributed by atoms with E-state index >= 15 is 0 Å². The van der Waals surface area contributed by atoms with E-state index in [1.54, 1.807) is 17.6 Å². The van der Waals surface area contributed by atoms with Gasteiger partial charge < -0.3 is 5.11 Å². The number of carboxylic acids is 1. The minimum absolute atomic E-state index is 0.0118. The molecule has 0 aliphatic heterocycles. The van der Waals surface area contributed by atoms with Gasteiger partial charge in [-0.15, -0.1) is 11.3 Å². The summed E-state index contributed by atoms with van der Waals surface area (Å²) in [7, 11) is -3.94. The number of carboxylic acid groups (broad SMARTS) is 1. The number of rotatable bonds is 5. The van der Waals surface area contributed by atoms with E-state index in [0.29, 0.717) is 0 Å². The molecule has 0 unspecified atom stereocenters. The predicted molar refractivity (Wildman–Crippen MR) is 96.8 cm³/mol. The Hall–Kier alpha value is -2.42. The van der Waals surface area contributed by atoms with Crippen molar-refractivity contribution >= 4 is 44.6 Å². The Bertz CT molecular complexity index is 1020. The largest absolute Gasteiger partial charge is 0.478 e. The number of hydrogen-bond acceptors (Lipinski definition) is 5. The lowest BCUT2D eigenvalue weighted by Gasteiger charge is -2.11. The summed E-state index contributed by atoms with van der Waals surface area (Å²) in [5.74, 6) is -1.28. The number of carbonyl (C=O) groups is 1. The second-order valence-corrected chi connectivity index (χ2v) is 7.84. The van der Waals surface area contributed by atoms with E-state index in [0.717, 1.165) is 11.3 Å². The number of nitrogens with one attached hydrogen (secondary N) is 1. The first-order chi connectivity index (χ1) is 11.9. The number of nitrogens with zero attached hydrogens (tertiary/aromatic N) is 1. The smallest absolute Gasteiger partial charge is 0.337 e. The van der Waals surface area contributed by atoms with Gasteiger partial charge in [-0.1, -0.05) is 23.7 Å². The highest BCUT2D eigenvalue weighted by Crippen LogP contribution is 2.25. The van der Waals surface area contributed by atoms with Crippen LogP contribution in [-0.2, 0) is 10.0 Å². The van der Waals surface area contributed by atoms with E-state index in [-0.39, 0.29) is 21.2 Å². The molecule has 0 saturated heterocycles. The van der Waals surface area contributed by atoms with Gasteiger partial charge in [0, 0.05) is 16.0 Å². The van der Waals surface area contributed by atoms with Crippen LogP contribution in [0.2, 0.25) is 5.02 Å². The SMILES string of the molecule is O=C(O)c1cc(Cl)ccc1NS(=O)(=O)c1ccc(-c2cscn2)cc1. The van der Waals surface area contributed by atoms with Crippen molar-refractivity contribution in [3.05, 3.63) is 63.9 Å². The number of halogens is 1. The molecule has 3 aromatic rings. The van der Waals surface area contributed by atoms with Crippen LogP contribution >= 0.6 is 22.9 Å². The summed E-state index contributed by atoms with van der Waals surface area (Å²) < 4.78 is 27.3. The first kappa shape index (κ1) is 17.4. The molecule has 0 bridgehead atoms. The van der Waals surface area contributed by atoms with Crippen LogP contribution in [0.3, 0.4) is 0 Å². The normalized spacial score (nSPS) is 11.2. The maximum Gasteiger partial charge on any atom is 0.337 e. The maximum absolute atomic E-state index is 12.5. The van der Waals surface area contributed by atoms with Gasteiger partial charge in [0.15, 0.2) is 0 Å². The summed E-state index contributed by atoms with van der Waals surface area (Å²) >= 11 is 7.21. The maximum atomic E-state index is 12.5. The molecule has 0 saturated carbocycles. The Kier molecular flexibility index (Phi) is 4.76. The molecule has 2 aromatic carbocycles. The number of sulfonamides is 1. The zero-order valence-electron chi connectivity index (χ0n) is 12.5. The van der Waals surface area contributed by atoms with Crippen molar-refractivity contribution in [3.63, 3.8) is 0 Å². The van der Waals surface area contributed by atoms with Gasteiger partial charge in [0.2, 0.25) is 0 Å². The summed E-state index contributed by atoms with van der Waals surface area (Å²) in [6, 6.07) is 10.1. The molecule has 1 heterocycles. The Morgan fingerprint density at radius 3 is 2.48 bits per heavy atom. The van der Waals surface area contributed by atoms with E-state index in [1.807, 2.05) is 5.38 Å². The van der Waals surface area contributed by atoms with Crippen LogP contribution in [0.1, 0.15) is 10.4 Å². The third kappa shape index (κ3) is 3.81. The Morgan fingerprint density at radius 1 is 1.16 bits per heavy atom. The summed E-state index contributed by atoms with van der Waals surface area (Å²) in [6.07, 6.45) is 0.